The summed E-state index contributed by atoms with van der Waals surface area (Å²) in [5.41, 5.74) is 7.14. The summed E-state index contributed by atoms with van der Waals surface area (Å²) in [6.07, 6.45) is 7.64. The van der Waals surface area contributed by atoms with Crippen molar-refractivity contribution in [1.29, 1.82) is 0 Å². The number of carbonyl (C=O) groups excluding carboxylic acids is 2. The first-order valence-electron chi connectivity index (χ1n) is 20.5. The monoisotopic (exact) mass is 808 g/mol. The number of halogens is 3. The zero-order valence-corrected chi connectivity index (χ0v) is 33.2. The van der Waals surface area contributed by atoms with Gasteiger partial charge in [0.25, 0.3) is 0 Å². The van der Waals surface area contributed by atoms with Gasteiger partial charge in [-0.1, -0.05) is 43.5 Å². The Morgan fingerprint density at radius 2 is 1.67 bits per heavy atom. The topological polar surface area (TPSA) is 200 Å². The van der Waals surface area contributed by atoms with Gasteiger partial charge in [0.15, 0.2) is 0 Å². The Bertz CT molecular complexity index is 1790. The number of carbonyl (C=O) groups is 2. The second kappa shape index (κ2) is 22.9. The molecule has 58 heavy (non-hydrogen) atoms. The molecule has 9 N–H and O–H groups in total. The number of anilines is 2. The van der Waals surface area contributed by atoms with Gasteiger partial charge in [-0.2, -0.15) is 23.3 Å². The molecule has 3 aromatic rings. The number of benzene rings is 2. The van der Waals surface area contributed by atoms with E-state index in [9.17, 15) is 22.8 Å². The van der Waals surface area contributed by atoms with Crippen molar-refractivity contribution in [3.8, 4) is 0 Å². The van der Waals surface area contributed by atoms with Crippen LogP contribution >= 0.6 is 0 Å². The van der Waals surface area contributed by atoms with Gasteiger partial charge < -0.3 is 43.1 Å². The first kappa shape index (κ1) is 44.2. The van der Waals surface area contributed by atoms with Crippen LogP contribution in [0.4, 0.5) is 24.9 Å². The summed E-state index contributed by atoms with van der Waals surface area (Å²) in [4.78, 5) is 41.3. The molecule has 0 bridgehead atoms. The number of nitrogens with one attached hydrogen (secondary N) is 5. The molecule has 1 saturated heterocycles. The van der Waals surface area contributed by atoms with Crippen molar-refractivity contribution in [3.05, 3.63) is 59.7 Å². The lowest BCUT2D eigenvalue weighted by Crippen LogP contribution is -2.44. The maximum Gasteiger partial charge on any atom is 0.416 e. The molecule has 0 radical (unpaired) electrons. The molecule has 1 aliphatic carbocycles. The molecule has 316 valence electrons. The van der Waals surface area contributed by atoms with E-state index in [2.05, 4.69) is 41.7 Å². The van der Waals surface area contributed by atoms with Crippen molar-refractivity contribution in [3.63, 3.8) is 0 Å². The number of piperidine rings is 1. The predicted octanol–water partition coefficient (Wildman–Crippen LogP) is 4.56. The Kier molecular flexibility index (Phi) is 17.5. The number of fused-ring (bicyclic) bond motifs is 1. The fraction of sp³-hybridized carbons (Fsp3) is 0.561. The minimum atomic E-state index is -4.43. The molecule has 14 nitrogen and oxygen atoms in total. The van der Waals surface area contributed by atoms with Gasteiger partial charge in [0.05, 0.1) is 29.4 Å². The minimum absolute atomic E-state index is 0.0350. The molecule has 5 rings (SSSR count). The number of alkyl halides is 3. The lowest BCUT2D eigenvalue weighted by molar-refractivity contribution is -0.137. The van der Waals surface area contributed by atoms with Gasteiger partial charge in [-0.25, -0.2) is 4.98 Å². The fourth-order valence-corrected chi connectivity index (χ4v) is 7.14. The van der Waals surface area contributed by atoms with E-state index in [1.165, 1.54) is 44.2 Å². The van der Waals surface area contributed by atoms with Crippen LogP contribution in [0.3, 0.4) is 0 Å². The number of aromatic nitrogens is 2. The smallest absolute Gasteiger partial charge is 0.367 e. The lowest BCUT2D eigenvalue weighted by atomic mass is 9.95. The summed E-state index contributed by atoms with van der Waals surface area (Å²) in [7, 11) is 0. The number of aliphatic imine (C=N–C) groups is 1. The van der Waals surface area contributed by atoms with E-state index in [4.69, 9.17) is 16.6 Å². The standard InChI is InChI=1S/C41H59F3N12O2/c42-41(43,44)30-14-12-29(13-15-30)26-50-39(58)35(45)16-17-37(57)56-24-18-32(19-25-56)52-38-34-10-4-5-11-36(34)53-40(54-38)51-28-33(55-46)27-48-22-6-20-47-21-7-23-49-31-8-2-1-3-9-31/h4-5,10-15,27,31-32,35,47,49H,1-3,6-9,16-26,28,45-46H2,(H,50,58)(H2,51,52,53,54)/t35-/m0/s1. The Hall–Kier alpha value is -4.87. The SMILES string of the molecule is NN=C(C=NCCCNCCCNC1CCCCC1)CNc1nc(NC2CCN(C(=O)CC[C@H](N)C(=O)NCc3ccc(C(F)(F)F)cc3)CC2)c2ccccc2n1. The summed E-state index contributed by atoms with van der Waals surface area (Å²) in [6, 6.07) is 12.1. The van der Waals surface area contributed by atoms with E-state index in [-0.39, 0.29) is 31.3 Å². The number of nitrogens with two attached hydrogens (primary N) is 2. The van der Waals surface area contributed by atoms with Crippen molar-refractivity contribution in [1.82, 2.24) is 30.8 Å². The van der Waals surface area contributed by atoms with Crippen LogP contribution in [0.25, 0.3) is 10.9 Å². The van der Waals surface area contributed by atoms with E-state index >= 15 is 0 Å². The van der Waals surface area contributed by atoms with Gasteiger partial charge in [0, 0.05) is 56.3 Å². The molecule has 17 heteroatoms. The number of hydrogen-bond acceptors (Lipinski definition) is 12. The number of amides is 2. The number of para-hydroxylation sites is 1. The highest BCUT2D eigenvalue weighted by atomic mass is 19.4. The quantitative estimate of drug-likeness (QED) is 0.0347. The van der Waals surface area contributed by atoms with Crippen LogP contribution in [0.15, 0.2) is 58.6 Å². The van der Waals surface area contributed by atoms with E-state index < -0.39 is 23.7 Å². The van der Waals surface area contributed by atoms with Crippen LogP contribution in [0, 0.1) is 0 Å². The normalized spacial score (nSPS) is 16.5. The maximum atomic E-state index is 13.0. The minimum Gasteiger partial charge on any atom is -0.367 e. The van der Waals surface area contributed by atoms with Crippen LogP contribution in [0.2, 0.25) is 0 Å². The summed E-state index contributed by atoms with van der Waals surface area (Å²) < 4.78 is 38.4. The number of likely N-dealkylation sites (tertiary alicyclic amines) is 1. The number of nitrogens with zero attached hydrogens (tertiary/aromatic N) is 5. The Morgan fingerprint density at radius 1 is 0.931 bits per heavy atom. The number of hydrogen-bond donors (Lipinski definition) is 7. The Labute approximate surface area is 338 Å². The van der Waals surface area contributed by atoms with Crippen LogP contribution in [-0.4, -0.2) is 103 Å². The molecule has 1 saturated carbocycles. The predicted molar refractivity (Wildman–Crippen MR) is 224 cm³/mol. The van der Waals surface area contributed by atoms with Crippen molar-refractivity contribution in [2.24, 2.45) is 21.7 Å². The lowest BCUT2D eigenvalue weighted by Gasteiger charge is -2.33. The molecule has 2 aliphatic rings. The molecular formula is C41H59F3N12O2. The maximum absolute atomic E-state index is 13.0. The molecule has 2 aromatic carbocycles. The number of hydrazone groups is 1. The third-order valence-corrected chi connectivity index (χ3v) is 10.6. The first-order valence-corrected chi connectivity index (χ1v) is 20.5. The van der Waals surface area contributed by atoms with E-state index in [1.807, 2.05) is 24.3 Å². The summed E-state index contributed by atoms with van der Waals surface area (Å²) >= 11 is 0. The summed E-state index contributed by atoms with van der Waals surface area (Å²) in [6.45, 7) is 5.02. The average Bonchev–Trinajstić information content (AvgIpc) is 3.24. The van der Waals surface area contributed by atoms with Crippen LogP contribution in [0.5, 0.6) is 0 Å². The number of rotatable bonds is 21. The van der Waals surface area contributed by atoms with E-state index in [1.54, 1.807) is 11.1 Å². The molecular weight excluding hydrogens is 750 g/mol. The van der Waals surface area contributed by atoms with Gasteiger partial charge in [-0.3, -0.25) is 14.6 Å². The highest BCUT2D eigenvalue weighted by Crippen LogP contribution is 2.29. The highest BCUT2D eigenvalue weighted by molar-refractivity contribution is 6.32. The molecule has 2 amide bonds. The largest absolute Gasteiger partial charge is 0.416 e. The second-order valence-electron chi connectivity index (χ2n) is 15.0. The van der Waals surface area contributed by atoms with Crippen molar-refractivity contribution < 1.29 is 22.8 Å². The van der Waals surface area contributed by atoms with Crippen molar-refractivity contribution in [2.75, 3.05) is 56.4 Å². The Morgan fingerprint density at radius 3 is 2.41 bits per heavy atom. The van der Waals surface area contributed by atoms with Gasteiger partial charge in [0.1, 0.15) is 5.82 Å². The molecule has 0 unspecified atom stereocenters. The van der Waals surface area contributed by atoms with Gasteiger partial charge in [-0.15, -0.1) is 0 Å². The van der Waals surface area contributed by atoms with E-state index in [0.29, 0.717) is 68.1 Å². The van der Waals surface area contributed by atoms with Crippen LogP contribution < -0.4 is 38.2 Å². The third-order valence-electron chi connectivity index (χ3n) is 10.6. The molecule has 1 atom stereocenters. The first-order chi connectivity index (χ1) is 28.1. The van der Waals surface area contributed by atoms with Gasteiger partial charge >= 0.3 is 6.18 Å². The summed E-state index contributed by atoms with van der Waals surface area (Å²) in [5, 5.41) is 21.4. The third kappa shape index (κ3) is 14.5. The van der Waals surface area contributed by atoms with Crippen LogP contribution in [-0.2, 0) is 22.3 Å². The molecule has 1 aromatic heterocycles. The second-order valence-corrected chi connectivity index (χ2v) is 15.0. The van der Waals surface area contributed by atoms with Gasteiger partial charge in [0.2, 0.25) is 17.8 Å². The average molecular weight is 809 g/mol. The zero-order valence-electron chi connectivity index (χ0n) is 33.2. The molecule has 1 aliphatic heterocycles. The highest BCUT2D eigenvalue weighted by Gasteiger charge is 2.30. The fourth-order valence-electron chi connectivity index (χ4n) is 7.14. The Balaban J connectivity index is 0.996. The van der Waals surface area contributed by atoms with Crippen molar-refractivity contribution in [2.45, 2.75) is 101 Å². The van der Waals surface area contributed by atoms with E-state index in [0.717, 1.165) is 55.5 Å². The van der Waals surface area contributed by atoms with Gasteiger partial charge in [-0.05, 0) is 94.4 Å². The molecule has 2 fully saturated rings. The zero-order chi connectivity index (χ0) is 41.2. The summed E-state index contributed by atoms with van der Waals surface area (Å²) in [5.74, 6) is 6.22. The molecule has 2 heterocycles. The van der Waals surface area contributed by atoms with Crippen molar-refractivity contribution >= 4 is 46.4 Å². The molecule has 0 spiro atoms. The van der Waals surface area contributed by atoms with Crippen LogP contribution in [0.1, 0.15) is 81.8 Å².